The third-order valence-electron chi connectivity index (χ3n) is 0.758. The van der Waals surface area contributed by atoms with Gasteiger partial charge in [-0.3, -0.25) is 19.8 Å². The first-order chi connectivity index (χ1) is 5.76. The van der Waals surface area contributed by atoms with E-state index in [1.165, 1.54) is 28.5 Å². The van der Waals surface area contributed by atoms with Crippen molar-refractivity contribution in [3.63, 3.8) is 0 Å². The average Bonchev–Trinajstić information content (AvgIpc) is 2.56. The molecule has 12 heavy (non-hydrogen) atoms. The SMILES string of the molecule is O=C(NO)c1cncs1.O=CO. The first-order valence-corrected chi connectivity index (χ1v) is 3.55. The van der Waals surface area contributed by atoms with Gasteiger partial charge in [0.1, 0.15) is 4.88 Å². The largest absolute Gasteiger partial charge is 0.483 e. The van der Waals surface area contributed by atoms with E-state index in [-0.39, 0.29) is 6.47 Å². The molecule has 7 heteroatoms. The molecule has 6 nitrogen and oxygen atoms in total. The van der Waals surface area contributed by atoms with Crippen molar-refractivity contribution in [2.45, 2.75) is 0 Å². The van der Waals surface area contributed by atoms with Crippen molar-refractivity contribution in [3.8, 4) is 0 Å². The van der Waals surface area contributed by atoms with Crippen LogP contribution in [0.3, 0.4) is 0 Å². The maximum Gasteiger partial charge on any atom is 0.290 e. The maximum atomic E-state index is 10.5. The van der Waals surface area contributed by atoms with Crippen LogP contribution >= 0.6 is 11.3 Å². The van der Waals surface area contributed by atoms with Crippen LogP contribution in [0.1, 0.15) is 9.67 Å². The Morgan fingerprint density at radius 1 is 1.75 bits per heavy atom. The second-order valence-corrected chi connectivity index (χ2v) is 2.30. The van der Waals surface area contributed by atoms with Crippen molar-refractivity contribution in [1.82, 2.24) is 10.5 Å². The van der Waals surface area contributed by atoms with Crippen molar-refractivity contribution < 1.29 is 19.9 Å². The van der Waals surface area contributed by atoms with Crippen LogP contribution in [0.2, 0.25) is 0 Å². The van der Waals surface area contributed by atoms with Crippen molar-refractivity contribution in [3.05, 3.63) is 16.6 Å². The Morgan fingerprint density at radius 3 is 2.67 bits per heavy atom. The van der Waals surface area contributed by atoms with Gasteiger partial charge in [-0.05, 0) is 0 Å². The molecule has 1 aromatic rings. The van der Waals surface area contributed by atoms with E-state index in [1.54, 1.807) is 0 Å². The maximum absolute atomic E-state index is 10.5. The number of amides is 1. The summed E-state index contributed by atoms with van der Waals surface area (Å²) in [6, 6.07) is 0. The summed E-state index contributed by atoms with van der Waals surface area (Å²) < 4.78 is 0. The zero-order valence-electron chi connectivity index (χ0n) is 5.80. The van der Waals surface area contributed by atoms with E-state index < -0.39 is 5.91 Å². The van der Waals surface area contributed by atoms with Crippen LogP contribution < -0.4 is 5.48 Å². The number of nitrogens with one attached hydrogen (secondary N) is 1. The molecule has 0 atom stereocenters. The number of carbonyl (C=O) groups excluding carboxylic acids is 1. The normalized spacial score (nSPS) is 7.75. The summed E-state index contributed by atoms with van der Waals surface area (Å²) in [7, 11) is 0. The van der Waals surface area contributed by atoms with Gasteiger partial charge >= 0.3 is 0 Å². The summed E-state index contributed by atoms with van der Waals surface area (Å²) in [5.41, 5.74) is 3.02. The lowest BCUT2D eigenvalue weighted by atomic mass is 10.5. The molecule has 0 saturated carbocycles. The smallest absolute Gasteiger partial charge is 0.290 e. The van der Waals surface area contributed by atoms with E-state index in [2.05, 4.69) is 4.98 Å². The van der Waals surface area contributed by atoms with E-state index in [4.69, 9.17) is 15.1 Å². The topological polar surface area (TPSA) is 99.5 Å². The highest BCUT2D eigenvalue weighted by Gasteiger charge is 2.02. The number of hydroxylamine groups is 1. The predicted molar refractivity (Wildman–Crippen MR) is 40.1 cm³/mol. The predicted octanol–water partition coefficient (Wildman–Crippen LogP) is -0.0371. The molecular formula is C5H6N2O4S. The first kappa shape index (κ1) is 10.5. The van der Waals surface area contributed by atoms with Crippen molar-refractivity contribution in [2.75, 3.05) is 0 Å². The fraction of sp³-hybridized carbons (Fsp3) is 0. The molecule has 0 spiro atoms. The summed E-state index contributed by atoms with van der Waals surface area (Å²) in [5.74, 6) is -0.516. The van der Waals surface area contributed by atoms with Crippen LogP contribution in [-0.4, -0.2) is 27.7 Å². The highest BCUT2D eigenvalue weighted by molar-refractivity contribution is 7.11. The Bertz CT molecular complexity index is 236. The van der Waals surface area contributed by atoms with Crippen molar-refractivity contribution in [1.29, 1.82) is 0 Å². The molecule has 1 amide bonds. The molecule has 3 N–H and O–H groups in total. The molecule has 1 aromatic heterocycles. The number of rotatable bonds is 1. The van der Waals surface area contributed by atoms with Gasteiger partial charge in [0.15, 0.2) is 0 Å². The van der Waals surface area contributed by atoms with Gasteiger partial charge in [0.2, 0.25) is 0 Å². The second kappa shape index (κ2) is 6.25. The number of carboxylic acid groups (broad SMARTS) is 1. The minimum absolute atomic E-state index is 0.250. The van der Waals surface area contributed by atoms with Gasteiger partial charge in [0.25, 0.3) is 12.4 Å². The number of aromatic nitrogens is 1. The molecule has 0 radical (unpaired) electrons. The number of thiazole rings is 1. The Hall–Kier alpha value is -1.47. The summed E-state index contributed by atoms with van der Waals surface area (Å²) >= 11 is 1.17. The molecule has 0 bridgehead atoms. The van der Waals surface area contributed by atoms with Gasteiger partial charge in [0.05, 0.1) is 11.7 Å². The summed E-state index contributed by atoms with van der Waals surface area (Å²) in [6.07, 6.45) is 1.39. The Labute approximate surface area is 71.4 Å². The van der Waals surface area contributed by atoms with Crippen LogP contribution in [0.15, 0.2) is 11.7 Å². The monoisotopic (exact) mass is 190 g/mol. The van der Waals surface area contributed by atoms with E-state index in [0.717, 1.165) is 0 Å². The third-order valence-corrected chi connectivity index (χ3v) is 1.53. The second-order valence-electron chi connectivity index (χ2n) is 1.41. The Morgan fingerprint density at radius 2 is 2.33 bits per heavy atom. The first-order valence-electron chi connectivity index (χ1n) is 2.67. The van der Waals surface area contributed by atoms with Crippen molar-refractivity contribution in [2.24, 2.45) is 0 Å². The van der Waals surface area contributed by atoms with Crippen LogP contribution in [0, 0.1) is 0 Å². The average molecular weight is 190 g/mol. The molecule has 0 saturated heterocycles. The molecular weight excluding hydrogens is 184 g/mol. The summed E-state index contributed by atoms with van der Waals surface area (Å²) in [4.78, 5) is 22.9. The molecule has 0 aromatic carbocycles. The molecule has 0 aliphatic carbocycles. The molecule has 1 heterocycles. The summed E-state index contributed by atoms with van der Waals surface area (Å²) in [6.45, 7) is -0.250. The van der Waals surface area contributed by atoms with Gasteiger partial charge in [0, 0.05) is 0 Å². The molecule has 1 rings (SSSR count). The summed E-state index contributed by atoms with van der Waals surface area (Å²) in [5, 5.41) is 15.0. The van der Waals surface area contributed by atoms with E-state index >= 15 is 0 Å². The lowest BCUT2D eigenvalue weighted by Gasteiger charge is -1.88. The molecule has 0 aliphatic heterocycles. The zero-order chi connectivity index (χ0) is 9.40. The van der Waals surface area contributed by atoms with Crippen LogP contribution in [0.4, 0.5) is 0 Å². The standard InChI is InChI=1S/C4H4N2O2S.CH2O2/c7-4(6-8)3-1-5-2-9-3;2-1-3/h1-2,8H,(H,6,7);1H,(H,2,3). The highest BCUT2D eigenvalue weighted by atomic mass is 32.1. The van der Waals surface area contributed by atoms with Crippen molar-refractivity contribution >= 4 is 23.7 Å². The van der Waals surface area contributed by atoms with Crippen LogP contribution in [0.5, 0.6) is 0 Å². The fourth-order valence-corrected chi connectivity index (χ4v) is 0.893. The zero-order valence-corrected chi connectivity index (χ0v) is 6.61. The molecule has 0 unspecified atom stereocenters. The van der Waals surface area contributed by atoms with E-state index in [0.29, 0.717) is 4.88 Å². The third kappa shape index (κ3) is 3.64. The quantitative estimate of drug-likeness (QED) is 0.328. The molecule has 66 valence electrons. The van der Waals surface area contributed by atoms with Gasteiger partial charge in [-0.25, -0.2) is 5.48 Å². The minimum Gasteiger partial charge on any atom is -0.483 e. The molecule has 0 fully saturated rings. The van der Waals surface area contributed by atoms with Crippen LogP contribution in [-0.2, 0) is 4.79 Å². The lowest BCUT2D eigenvalue weighted by molar-refractivity contribution is -0.122. The number of hydrogen-bond donors (Lipinski definition) is 3. The molecule has 0 aliphatic rings. The fourth-order valence-electron chi connectivity index (χ4n) is 0.383. The minimum atomic E-state index is -0.516. The van der Waals surface area contributed by atoms with Crippen LogP contribution in [0.25, 0.3) is 0 Å². The number of hydrogen-bond acceptors (Lipinski definition) is 5. The Balaban J connectivity index is 0.000000354. The van der Waals surface area contributed by atoms with E-state index in [1.807, 2.05) is 0 Å². The number of carbonyl (C=O) groups is 2. The number of nitrogens with zero attached hydrogens (tertiary/aromatic N) is 1. The highest BCUT2D eigenvalue weighted by Crippen LogP contribution is 2.03. The van der Waals surface area contributed by atoms with Gasteiger partial charge < -0.3 is 5.11 Å². The lowest BCUT2D eigenvalue weighted by Crippen LogP contribution is -2.16. The van der Waals surface area contributed by atoms with Gasteiger partial charge in [-0.15, -0.1) is 11.3 Å². The van der Waals surface area contributed by atoms with Gasteiger partial charge in [-0.1, -0.05) is 0 Å². The van der Waals surface area contributed by atoms with E-state index in [9.17, 15) is 4.79 Å². The van der Waals surface area contributed by atoms with Gasteiger partial charge in [-0.2, -0.15) is 0 Å². The Kier molecular flexibility index (Phi) is 5.49.